The number of carboxylic acid groups (broad SMARTS) is 1. The SMILES string of the molecule is O=C(O)Sc1nnc(SC2=C(C=Cc3cc(-c4ccccc4)[s+]c(-c4ccccc4)c3)CCCC2=CC=C2C=C(c3ccccc3)SC(c3ccccc3)=C2)s1. The Morgan fingerprint density at radius 3 is 1.75 bits per heavy atom. The molecule has 2 aromatic heterocycles. The van der Waals surface area contributed by atoms with Gasteiger partial charge in [-0.15, -0.1) is 10.2 Å². The molecule has 0 spiro atoms. The van der Waals surface area contributed by atoms with Crippen LogP contribution in [-0.4, -0.2) is 20.6 Å². The molecule has 0 saturated heterocycles. The van der Waals surface area contributed by atoms with E-state index < -0.39 is 5.30 Å². The molecule has 1 aliphatic heterocycles. The molecule has 3 heterocycles. The molecule has 4 aromatic carbocycles. The summed E-state index contributed by atoms with van der Waals surface area (Å²) >= 11 is 7.19. The number of hydrogen-bond donors (Lipinski definition) is 1. The summed E-state index contributed by atoms with van der Waals surface area (Å²) in [5.74, 6) is 0. The van der Waals surface area contributed by atoms with Crippen molar-refractivity contribution in [3.8, 4) is 20.9 Å². The molecule has 0 atom stereocenters. The predicted molar refractivity (Wildman–Crippen MR) is 242 cm³/mol. The molecule has 6 aromatic rings. The summed E-state index contributed by atoms with van der Waals surface area (Å²) in [4.78, 5) is 17.4. The lowest BCUT2D eigenvalue weighted by molar-refractivity contribution is 0.222. The summed E-state index contributed by atoms with van der Waals surface area (Å²) in [6.07, 6.45) is 16.4. The number of hydrogen-bond acceptors (Lipinski definition) is 7. The van der Waals surface area contributed by atoms with Gasteiger partial charge in [-0.05, 0) is 89.1 Å². The van der Waals surface area contributed by atoms with Crippen LogP contribution < -0.4 is 0 Å². The van der Waals surface area contributed by atoms with Crippen molar-refractivity contribution in [2.24, 2.45) is 0 Å². The summed E-state index contributed by atoms with van der Waals surface area (Å²) in [6.45, 7) is 0. The van der Waals surface area contributed by atoms with Crippen LogP contribution in [0.4, 0.5) is 4.79 Å². The van der Waals surface area contributed by atoms with Crippen LogP contribution in [0.3, 0.4) is 0 Å². The van der Waals surface area contributed by atoms with Crippen LogP contribution in [0.2, 0.25) is 0 Å². The van der Waals surface area contributed by atoms with Crippen molar-refractivity contribution in [2.45, 2.75) is 27.9 Å². The Labute approximate surface area is 347 Å². The molecule has 1 aliphatic carbocycles. The van der Waals surface area contributed by atoms with Gasteiger partial charge in [-0.1, -0.05) is 156 Å². The van der Waals surface area contributed by atoms with Crippen molar-refractivity contribution in [3.63, 3.8) is 0 Å². The van der Waals surface area contributed by atoms with Crippen molar-refractivity contribution >= 4 is 79.1 Å². The van der Waals surface area contributed by atoms with Crippen LogP contribution in [0, 0.1) is 0 Å². The molecule has 0 saturated carbocycles. The van der Waals surface area contributed by atoms with E-state index in [1.54, 1.807) is 34.9 Å². The van der Waals surface area contributed by atoms with Crippen LogP contribution in [-0.2, 0) is 0 Å². The first-order valence-corrected chi connectivity index (χ1v) is 22.2. The number of rotatable bonds is 10. The number of nitrogens with zero attached hydrogens (tertiary/aromatic N) is 2. The van der Waals surface area contributed by atoms with Crippen molar-refractivity contribution in [3.05, 3.63) is 202 Å². The third kappa shape index (κ3) is 9.67. The van der Waals surface area contributed by atoms with Gasteiger partial charge in [0.05, 0.1) is 0 Å². The minimum Gasteiger partial charge on any atom is -0.473 e. The molecule has 0 radical (unpaired) electrons. The van der Waals surface area contributed by atoms with Gasteiger partial charge in [0, 0.05) is 49.7 Å². The van der Waals surface area contributed by atoms with Crippen LogP contribution in [0.25, 0.3) is 36.8 Å². The molecule has 0 bridgehead atoms. The Morgan fingerprint density at radius 1 is 0.661 bits per heavy atom. The first kappa shape index (κ1) is 37.9. The third-order valence-electron chi connectivity index (χ3n) is 9.05. The van der Waals surface area contributed by atoms with Gasteiger partial charge in [-0.3, -0.25) is 0 Å². The number of thioether (sulfide) groups is 3. The summed E-state index contributed by atoms with van der Waals surface area (Å²) in [5, 5.41) is 17.0. The average Bonchev–Trinajstić information content (AvgIpc) is 3.69. The van der Waals surface area contributed by atoms with Gasteiger partial charge < -0.3 is 5.11 Å². The van der Waals surface area contributed by atoms with Gasteiger partial charge in [0.15, 0.2) is 8.68 Å². The molecule has 0 fully saturated rings. The van der Waals surface area contributed by atoms with Crippen LogP contribution in [0.1, 0.15) is 36.0 Å². The lowest BCUT2D eigenvalue weighted by atomic mass is 9.93. The number of benzene rings is 4. The van der Waals surface area contributed by atoms with Gasteiger partial charge in [-0.2, -0.15) is 0 Å². The minimum absolute atomic E-state index is 0.422. The maximum absolute atomic E-state index is 11.4. The van der Waals surface area contributed by atoms with Crippen molar-refractivity contribution < 1.29 is 9.90 Å². The quantitative estimate of drug-likeness (QED) is 0.109. The first-order chi connectivity index (χ1) is 27.5. The zero-order valence-electron chi connectivity index (χ0n) is 30.1. The highest BCUT2D eigenvalue weighted by molar-refractivity contribution is 8.16. The molecule has 9 heteroatoms. The highest BCUT2D eigenvalue weighted by Crippen LogP contribution is 2.46. The zero-order chi connectivity index (χ0) is 38.1. The third-order valence-corrected chi connectivity index (χ3v) is 14.3. The highest BCUT2D eigenvalue weighted by atomic mass is 32.2. The predicted octanol–water partition coefficient (Wildman–Crippen LogP) is 14.9. The van der Waals surface area contributed by atoms with E-state index in [1.165, 1.54) is 64.3 Å². The lowest BCUT2D eigenvalue weighted by Crippen LogP contribution is -2.00. The standard InChI is InChI=1S/C47H34N2O2S5/c50-47(51)56-46-49-48-45(55-46)54-44-38(26-24-32-28-40(34-14-5-1-6-15-34)52-41(29-32)35-16-7-2-8-17-35)22-13-23-39(44)27-25-33-30-42(36-18-9-3-10-19-36)53-43(31-33)37-20-11-4-12-21-37/h1-12,14-21,24-31H,13,22-23H2/p+1. The average molecular weight is 820 g/mol. The fraction of sp³-hybridized carbons (Fsp3) is 0.0638. The maximum atomic E-state index is 11.4. The summed E-state index contributed by atoms with van der Waals surface area (Å²) < 4.78 is 1.14. The zero-order valence-corrected chi connectivity index (χ0v) is 34.2. The van der Waals surface area contributed by atoms with Crippen molar-refractivity contribution in [2.75, 3.05) is 0 Å². The Balaban J connectivity index is 1.20. The Bertz CT molecular complexity index is 2420. The van der Waals surface area contributed by atoms with E-state index in [2.05, 4.69) is 180 Å². The van der Waals surface area contributed by atoms with E-state index in [1.807, 2.05) is 0 Å². The topological polar surface area (TPSA) is 63.1 Å². The Morgan fingerprint density at radius 2 is 1.20 bits per heavy atom. The second-order valence-electron chi connectivity index (χ2n) is 12.9. The van der Waals surface area contributed by atoms with Gasteiger partial charge in [0.25, 0.3) is 0 Å². The first-order valence-electron chi connectivity index (χ1n) is 18.1. The second kappa shape index (κ2) is 18.3. The van der Waals surface area contributed by atoms with E-state index in [9.17, 15) is 9.90 Å². The Kier molecular flexibility index (Phi) is 12.4. The van der Waals surface area contributed by atoms with E-state index in [-0.39, 0.29) is 0 Å². The van der Waals surface area contributed by atoms with Crippen molar-refractivity contribution in [1.29, 1.82) is 0 Å². The summed E-state index contributed by atoms with van der Waals surface area (Å²) in [6, 6.07) is 46.8. The van der Waals surface area contributed by atoms with E-state index >= 15 is 0 Å². The largest absolute Gasteiger partial charge is 0.473 e. The lowest BCUT2D eigenvalue weighted by Gasteiger charge is -2.21. The van der Waals surface area contributed by atoms with E-state index in [4.69, 9.17) is 0 Å². The summed E-state index contributed by atoms with van der Waals surface area (Å²) in [5.41, 5.74) is 9.48. The molecular formula is C47H35N2O2S5+. The molecule has 274 valence electrons. The van der Waals surface area contributed by atoms with Crippen LogP contribution in [0.15, 0.2) is 194 Å². The highest BCUT2D eigenvalue weighted by Gasteiger charge is 2.22. The molecule has 56 heavy (non-hydrogen) atoms. The van der Waals surface area contributed by atoms with Gasteiger partial charge in [-0.25, -0.2) is 4.79 Å². The molecular weight excluding hydrogens is 785 g/mol. The fourth-order valence-electron chi connectivity index (χ4n) is 6.40. The van der Waals surface area contributed by atoms with E-state index in [0.717, 1.165) is 39.6 Å². The summed E-state index contributed by atoms with van der Waals surface area (Å²) in [7, 11) is 0. The van der Waals surface area contributed by atoms with Gasteiger partial charge >= 0.3 is 5.30 Å². The Hall–Kier alpha value is -5.03. The smallest absolute Gasteiger partial charge is 0.372 e. The van der Waals surface area contributed by atoms with Gasteiger partial charge in [0.2, 0.25) is 21.1 Å². The van der Waals surface area contributed by atoms with E-state index in [0.29, 0.717) is 16.1 Å². The minimum atomic E-state index is -0.990. The van der Waals surface area contributed by atoms with Crippen LogP contribution in [0.5, 0.6) is 0 Å². The molecule has 8 rings (SSSR count). The van der Waals surface area contributed by atoms with Crippen molar-refractivity contribution in [1.82, 2.24) is 10.2 Å². The number of allylic oxidation sites excluding steroid dienone is 8. The molecule has 0 unspecified atom stereocenters. The monoisotopic (exact) mass is 819 g/mol. The second-order valence-corrected chi connectivity index (χ2v) is 18.5. The molecule has 1 N–H and O–H groups in total. The number of aromatic nitrogens is 2. The van der Waals surface area contributed by atoms with Gasteiger partial charge in [0.1, 0.15) is 0 Å². The normalized spacial score (nSPS) is 15.2. The number of carbonyl (C=O) groups is 1. The molecule has 2 aliphatic rings. The van der Waals surface area contributed by atoms with Crippen LogP contribution >= 0.6 is 58.0 Å². The fourth-order valence-corrected chi connectivity index (χ4v) is 11.5. The molecule has 4 nitrogen and oxygen atoms in total. The molecule has 0 amide bonds. The maximum Gasteiger partial charge on any atom is 0.372 e.